The molecule has 0 radical (unpaired) electrons. The Balaban J connectivity index is 1.54. The van der Waals surface area contributed by atoms with Crippen molar-refractivity contribution in [3.8, 4) is 0 Å². The van der Waals surface area contributed by atoms with Gasteiger partial charge in [-0.05, 0) is 37.5 Å². The molecule has 2 aromatic rings. The van der Waals surface area contributed by atoms with Crippen molar-refractivity contribution in [3.05, 3.63) is 53.1 Å². The van der Waals surface area contributed by atoms with Crippen LogP contribution in [0.25, 0.3) is 0 Å². The van der Waals surface area contributed by atoms with Crippen molar-refractivity contribution < 1.29 is 14.0 Å². The normalized spacial score (nSPS) is 15.2. The Hall–Kier alpha value is -2.70. The zero-order chi connectivity index (χ0) is 17.8. The van der Waals surface area contributed by atoms with E-state index in [0.717, 1.165) is 12.1 Å². The highest BCUT2D eigenvalue weighted by Crippen LogP contribution is 2.16. The second-order valence-corrected chi connectivity index (χ2v) is 6.15. The maximum absolute atomic E-state index is 13.7. The molecule has 0 unspecified atom stereocenters. The Morgan fingerprint density at radius 3 is 2.68 bits per heavy atom. The Labute approximate surface area is 145 Å². The number of nitrogens with one attached hydrogen (secondary N) is 2. The number of benzene rings is 1. The summed E-state index contributed by atoms with van der Waals surface area (Å²) in [5.41, 5.74) is 1.38. The van der Waals surface area contributed by atoms with Crippen LogP contribution in [0.2, 0.25) is 0 Å². The lowest BCUT2D eigenvalue weighted by Gasteiger charge is -2.32. The van der Waals surface area contributed by atoms with Crippen molar-refractivity contribution in [2.75, 3.05) is 13.1 Å². The van der Waals surface area contributed by atoms with Crippen LogP contribution in [-0.2, 0) is 6.42 Å². The average Bonchev–Trinajstić information content (AvgIpc) is 3.11. The summed E-state index contributed by atoms with van der Waals surface area (Å²) < 4.78 is 13.7. The molecule has 2 N–H and O–H groups in total. The van der Waals surface area contributed by atoms with E-state index in [2.05, 4.69) is 15.5 Å². The SMILES string of the molecule is CCc1cc(C(=O)NC2CCN(C(=O)c3ccccc3F)CC2)n[nH]1. The van der Waals surface area contributed by atoms with Crippen molar-refractivity contribution in [2.45, 2.75) is 32.2 Å². The molecule has 0 bridgehead atoms. The van der Waals surface area contributed by atoms with Crippen molar-refractivity contribution in [1.29, 1.82) is 0 Å². The van der Waals surface area contributed by atoms with Crippen molar-refractivity contribution >= 4 is 11.8 Å². The fourth-order valence-electron chi connectivity index (χ4n) is 2.95. The van der Waals surface area contributed by atoms with Gasteiger partial charge in [0.05, 0.1) is 5.56 Å². The molecule has 2 amide bonds. The van der Waals surface area contributed by atoms with Gasteiger partial charge in [0.25, 0.3) is 11.8 Å². The molecule has 7 heteroatoms. The van der Waals surface area contributed by atoms with E-state index in [-0.39, 0.29) is 23.4 Å². The minimum Gasteiger partial charge on any atom is -0.348 e. The van der Waals surface area contributed by atoms with Crippen molar-refractivity contribution in [2.24, 2.45) is 0 Å². The Morgan fingerprint density at radius 2 is 2.04 bits per heavy atom. The molecule has 132 valence electrons. The molecule has 1 aromatic heterocycles. The highest BCUT2D eigenvalue weighted by atomic mass is 19.1. The number of carbonyl (C=O) groups is 2. The molecule has 1 aliphatic heterocycles. The minimum atomic E-state index is -0.506. The first-order chi connectivity index (χ1) is 12.1. The van der Waals surface area contributed by atoms with Gasteiger partial charge in [0.1, 0.15) is 11.5 Å². The number of aryl methyl sites for hydroxylation is 1. The third-order valence-electron chi connectivity index (χ3n) is 4.47. The molecule has 1 saturated heterocycles. The first-order valence-corrected chi connectivity index (χ1v) is 8.47. The standard InChI is InChI=1S/C18H21FN4O2/c1-2-12-11-16(22-21-12)17(24)20-13-7-9-23(10-8-13)18(25)14-5-3-4-6-15(14)19/h3-6,11,13H,2,7-10H2,1H3,(H,20,24)(H,21,22). The molecule has 1 fully saturated rings. The zero-order valence-corrected chi connectivity index (χ0v) is 14.1. The van der Waals surface area contributed by atoms with Crippen LogP contribution < -0.4 is 5.32 Å². The summed E-state index contributed by atoms with van der Waals surface area (Å²) in [5.74, 6) is -1.02. The molecule has 0 saturated carbocycles. The summed E-state index contributed by atoms with van der Waals surface area (Å²) in [6.07, 6.45) is 2.06. The smallest absolute Gasteiger partial charge is 0.271 e. The van der Waals surface area contributed by atoms with Crippen molar-refractivity contribution in [1.82, 2.24) is 20.4 Å². The monoisotopic (exact) mass is 344 g/mol. The molecular formula is C18H21FN4O2. The van der Waals surface area contributed by atoms with Gasteiger partial charge in [-0.15, -0.1) is 0 Å². The fraction of sp³-hybridized carbons (Fsp3) is 0.389. The molecule has 0 aliphatic carbocycles. The number of halogens is 1. The number of likely N-dealkylation sites (tertiary alicyclic amines) is 1. The number of hydrogen-bond acceptors (Lipinski definition) is 3. The zero-order valence-electron chi connectivity index (χ0n) is 14.1. The van der Waals surface area contributed by atoms with Crippen LogP contribution in [0.5, 0.6) is 0 Å². The number of nitrogens with zero attached hydrogens (tertiary/aromatic N) is 2. The Kier molecular flexibility index (Phi) is 5.11. The van der Waals surface area contributed by atoms with Gasteiger partial charge in [0.2, 0.25) is 0 Å². The van der Waals surface area contributed by atoms with E-state index in [1.54, 1.807) is 23.1 Å². The highest BCUT2D eigenvalue weighted by Gasteiger charge is 2.26. The number of hydrogen-bond donors (Lipinski definition) is 2. The number of rotatable bonds is 4. The van der Waals surface area contributed by atoms with Gasteiger partial charge in [-0.25, -0.2) is 4.39 Å². The van der Waals surface area contributed by atoms with Crippen LogP contribution >= 0.6 is 0 Å². The number of amides is 2. The van der Waals surface area contributed by atoms with Gasteiger partial charge in [0.15, 0.2) is 0 Å². The van der Waals surface area contributed by atoms with Crippen LogP contribution in [0.15, 0.2) is 30.3 Å². The molecule has 1 aromatic carbocycles. The van der Waals surface area contributed by atoms with Gasteiger partial charge in [0, 0.05) is 24.8 Å². The van der Waals surface area contributed by atoms with Crippen LogP contribution in [0.1, 0.15) is 46.3 Å². The summed E-state index contributed by atoms with van der Waals surface area (Å²) in [4.78, 5) is 26.2. The van der Waals surface area contributed by atoms with Gasteiger partial charge >= 0.3 is 0 Å². The summed E-state index contributed by atoms with van der Waals surface area (Å²) in [7, 11) is 0. The average molecular weight is 344 g/mol. The number of piperidine rings is 1. The lowest BCUT2D eigenvalue weighted by Crippen LogP contribution is -2.46. The van der Waals surface area contributed by atoms with Crippen molar-refractivity contribution in [3.63, 3.8) is 0 Å². The second-order valence-electron chi connectivity index (χ2n) is 6.15. The molecule has 25 heavy (non-hydrogen) atoms. The van der Waals surface area contributed by atoms with E-state index >= 15 is 0 Å². The lowest BCUT2D eigenvalue weighted by molar-refractivity contribution is 0.0693. The first-order valence-electron chi connectivity index (χ1n) is 8.47. The molecule has 0 atom stereocenters. The maximum Gasteiger partial charge on any atom is 0.271 e. The topological polar surface area (TPSA) is 78.1 Å². The Bertz CT molecular complexity index is 766. The number of H-pyrrole nitrogens is 1. The fourth-order valence-corrected chi connectivity index (χ4v) is 2.95. The number of aromatic nitrogens is 2. The third kappa shape index (κ3) is 3.87. The summed E-state index contributed by atoms with van der Waals surface area (Å²) in [6.45, 7) is 2.95. The van der Waals surface area contributed by atoms with Crippen LogP contribution in [-0.4, -0.2) is 46.0 Å². The summed E-state index contributed by atoms with van der Waals surface area (Å²) >= 11 is 0. The van der Waals surface area contributed by atoms with Crippen LogP contribution in [0.4, 0.5) is 4.39 Å². The predicted molar refractivity (Wildman–Crippen MR) is 90.8 cm³/mol. The largest absolute Gasteiger partial charge is 0.348 e. The van der Waals surface area contributed by atoms with Crippen LogP contribution in [0.3, 0.4) is 0 Å². The minimum absolute atomic E-state index is 0.0149. The molecule has 1 aliphatic rings. The van der Waals surface area contributed by atoms with Gasteiger partial charge in [-0.3, -0.25) is 14.7 Å². The third-order valence-corrected chi connectivity index (χ3v) is 4.47. The number of carbonyl (C=O) groups excluding carboxylic acids is 2. The van der Waals surface area contributed by atoms with E-state index in [0.29, 0.717) is 31.6 Å². The van der Waals surface area contributed by atoms with E-state index in [1.807, 2.05) is 6.92 Å². The molecule has 6 nitrogen and oxygen atoms in total. The lowest BCUT2D eigenvalue weighted by atomic mass is 10.0. The quantitative estimate of drug-likeness (QED) is 0.892. The molecule has 3 rings (SSSR count). The highest BCUT2D eigenvalue weighted by molar-refractivity contribution is 5.94. The van der Waals surface area contributed by atoms with Crippen LogP contribution in [0, 0.1) is 5.82 Å². The molecular weight excluding hydrogens is 323 g/mol. The second kappa shape index (κ2) is 7.46. The summed E-state index contributed by atoms with van der Waals surface area (Å²) in [5, 5.41) is 9.77. The first kappa shape index (κ1) is 17.1. The van der Waals surface area contributed by atoms with E-state index in [4.69, 9.17) is 0 Å². The van der Waals surface area contributed by atoms with Gasteiger partial charge < -0.3 is 10.2 Å². The molecule has 0 spiro atoms. The maximum atomic E-state index is 13.7. The van der Waals surface area contributed by atoms with Gasteiger partial charge in [-0.2, -0.15) is 5.10 Å². The number of aromatic amines is 1. The molecule has 2 heterocycles. The van der Waals surface area contributed by atoms with E-state index < -0.39 is 5.82 Å². The van der Waals surface area contributed by atoms with E-state index in [9.17, 15) is 14.0 Å². The summed E-state index contributed by atoms with van der Waals surface area (Å²) in [6, 6.07) is 7.72. The van der Waals surface area contributed by atoms with Gasteiger partial charge in [-0.1, -0.05) is 19.1 Å². The van der Waals surface area contributed by atoms with E-state index in [1.165, 1.54) is 12.1 Å². The Morgan fingerprint density at radius 1 is 1.32 bits per heavy atom. The predicted octanol–water partition coefficient (Wildman–Crippen LogP) is 2.15.